The molecule has 2 rings (SSSR count). The van der Waals surface area contributed by atoms with Gasteiger partial charge in [0.05, 0.1) is 15.4 Å². The molecule has 0 aromatic heterocycles. The number of esters is 1. The van der Waals surface area contributed by atoms with Crippen molar-refractivity contribution in [2.75, 3.05) is 19.0 Å². The van der Waals surface area contributed by atoms with Crippen molar-refractivity contribution in [3.8, 4) is 0 Å². The van der Waals surface area contributed by atoms with Gasteiger partial charge in [0.2, 0.25) is 10.0 Å². The summed E-state index contributed by atoms with van der Waals surface area (Å²) in [4.78, 5) is 33.7. The van der Waals surface area contributed by atoms with Crippen molar-refractivity contribution in [1.82, 2.24) is 4.72 Å². The van der Waals surface area contributed by atoms with E-state index in [-0.39, 0.29) is 23.8 Å². The summed E-state index contributed by atoms with van der Waals surface area (Å²) in [5, 5.41) is 13.1. The summed E-state index contributed by atoms with van der Waals surface area (Å²) < 4.78 is 68.4. The number of ether oxygens (including phenoxy) is 1. The Labute approximate surface area is 185 Å². The topological polar surface area (TPSA) is 145 Å². The minimum atomic E-state index is -4.80. The zero-order valence-electron chi connectivity index (χ0n) is 17.0. The molecule has 0 fully saturated rings. The number of sulfonamides is 1. The number of halogens is 3. The second-order valence-corrected chi connectivity index (χ2v) is 8.43. The Bertz CT molecular complexity index is 1150. The third kappa shape index (κ3) is 7.25. The van der Waals surface area contributed by atoms with Gasteiger partial charge < -0.3 is 10.1 Å². The molecule has 0 heterocycles. The van der Waals surface area contributed by atoms with Crippen LogP contribution in [0.5, 0.6) is 0 Å². The van der Waals surface area contributed by atoms with Crippen molar-refractivity contribution in [2.45, 2.75) is 23.9 Å². The summed E-state index contributed by atoms with van der Waals surface area (Å²) in [6.45, 7) is -0.809. The van der Waals surface area contributed by atoms with Crippen LogP contribution in [0.25, 0.3) is 0 Å². The standard InChI is InChI=1S/C19H18F3N3O7S/c1-23-33(30,31)14-6-2-12(3-7-14)4-9-18(27)32-11-17(26)24-15-8-5-13(19(20,21)22)10-16(15)25(28)29/h2-3,5-8,10,23H,4,9,11H2,1H3,(H,24,26). The molecule has 0 atom stereocenters. The highest BCUT2D eigenvalue weighted by atomic mass is 32.2. The summed E-state index contributed by atoms with van der Waals surface area (Å²) in [6.07, 6.45) is -4.76. The van der Waals surface area contributed by atoms with Crippen LogP contribution in [0.1, 0.15) is 17.5 Å². The largest absolute Gasteiger partial charge is 0.456 e. The first-order chi connectivity index (χ1) is 15.3. The Morgan fingerprint density at radius 3 is 2.30 bits per heavy atom. The second kappa shape index (κ2) is 10.4. The SMILES string of the molecule is CNS(=O)(=O)c1ccc(CCC(=O)OCC(=O)Nc2ccc(C(F)(F)F)cc2[N+](=O)[O-])cc1. The summed E-state index contributed by atoms with van der Waals surface area (Å²) in [7, 11) is -2.32. The van der Waals surface area contributed by atoms with Gasteiger partial charge in [-0.2, -0.15) is 13.2 Å². The van der Waals surface area contributed by atoms with E-state index in [0.29, 0.717) is 11.6 Å². The lowest BCUT2D eigenvalue weighted by atomic mass is 10.1. The van der Waals surface area contributed by atoms with Crippen LogP contribution in [-0.4, -0.2) is 38.9 Å². The molecule has 14 heteroatoms. The summed E-state index contributed by atoms with van der Waals surface area (Å²) in [5.74, 6) is -1.76. The molecular weight excluding hydrogens is 471 g/mol. The highest BCUT2D eigenvalue weighted by molar-refractivity contribution is 7.89. The molecule has 2 aromatic rings. The van der Waals surface area contributed by atoms with Gasteiger partial charge in [0, 0.05) is 12.5 Å². The molecule has 0 saturated heterocycles. The molecule has 1 amide bonds. The minimum absolute atomic E-state index is 0.0466. The number of amides is 1. The first-order valence-electron chi connectivity index (χ1n) is 9.17. The molecule has 0 aliphatic heterocycles. The van der Waals surface area contributed by atoms with Crippen molar-refractivity contribution in [2.24, 2.45) is 0 Å². The fraction of sp³-hybridized carbons (Fsp3) is 0.263. The Hall–Kier alpha value is -3.52. The molecule has 0 aliphatic rings. The number of nitrogens with zero attached hydrogens (tertiary/aromatic N) is 1. The quantitative estimate of drug-likeness (QED) is 0.313. The highest BCUT2D eigenvalue weighted by Crippen LogP contribution is 2.34. The molecular formula is C19H18F3N3O7S. The van der Waals surface area contributed by atoms with Gasteiger partial charge in [-0.1, -0.05) is 12.1 Å². The Kier molecular flexibility index (Phi) is 8.11. The number of benzene rings is 2. The van der Waals surface area contributed by atoms with E-state index < -0.39 is 56.5 Å². The Morgan fingerprint density at radius 1 is 1.12 bits per heavy atom. The van der Waals surface area contributed by atoms with E-state index in [1.807, 2.05) is 5.32 Å². The van der Waals surface area contributed by atoms with E-state index in [1.54, 1.807) is 0 Å². The minimum Gasteiger partial charge on any atom is -0.456 e. The number of hydrogen-bond donors (Lipinski definition) is 2. The predicted molar refractivity (Wildman–Crippen MR) is 109 cm³/mol. The number of hydrogen-bond acceptors (Lipinski definition) is 7. The van der Waals surface area contributed by atoms with Crippen LogP contribution in [0.3, 0.4) is 0 Å². The number of nitro groups is 1. The number of alkyl halides is 3. The fourth-order valence-electron chi connectivity index (χ4n) is 2.57. The van der Waals surface area contributed by atoms with E-state index in [4.69, 9.17) is 4.74 Å². The molecule has 178 valence electrons. The van der Waals surface area contributed by atoms with Crippen molar-refractivity contribution in [3.63, 3.8) is 0 Å². The summed E-state index contributed by atoms with van der Waals surface area (Å²) in [6, 6.07) is 7.32. The number of carbonyl (C=O) groups excluding carboxylic acids is 2. The van der Waals surface area contributed by atoms with Crippen molar-refractivity contribution < 1.29 is 40.8 Å². The van der Waals surface area contributed by atoms with Crippen molar-refractivity contribution >= 4 is 33.3 Å². The van der Waals surface area contributed by atoms with E-state index in [2.05, 4.69) is 4.72 Å². The fourth-order valence-corrected chi connectivity index (χ4v) is 3.30. The van der Waals surface area contributed by atoms with E-state index >= 15 is 0 Å². The van der Waals surface area contributed by atoms with Gasteiger partial charge in [0.1, 0.15) is 5.69 Å². The van der Waals surface area contributed by atoms with Gasteiger partial charge in [-0.15, -0.1) is 0 Å². The number of aryl methyl sites for hydroxylation is 1. The van der Waals surface area contributed by atoms with Gasteiger partial charge in [0.15, 0.2) is 6.61 Å². The smallest absolute Gasteiger partial charge is 0.416 e. The average molecular weight is 489 g/mol. The van der Waals surface area contributed by atoms with E-state index in [9.17, 15) is 41.3 Å². The van der Waals surface area contributed by atoms with E-state index in [1.165, 1.54) is 31.3 Å². The van der Waals surface area contributed by atoms with Gasteiger partial charge in [-0.05, 0) is 43.3 Å². The second-order valence-electron chi connectivity index (χ2n) is 6.55. The Balaban J connectivity index is 1.90. The number of rotatable bonds is 9. The summed E-state index contributed by atoms with van der Waals surface area (Å²) in [5.41, 5.74) is -2.07. The molecule has 0 aliphatic carbocycles. The van der Waals surface area contributed by atoms with Crippen LogP contribution < -0.4 is 10.0 Å². The molecule has 0 radical (unpaired) electrons. The van der Waals surface area contributed by atoms with Gasteiger partial charge in [-0.25, -0.2) is 13.1 Å². The highest BCUT2D eigenvalue weighted by Gasteiger charge is 2.33. The van der Waals surface area contributed by atoms with Crippen molar-refractivity contribution in [1.29, 1.82) is 0 Å². The van der Waals surface area contributed by atoms with Crippen molar-refractivity contribution in [3.05, 3.63) is 63.7 Å². The molecule has 0 saturated carbocycles. The summed E-state index contributed by atoms with van der Waals surface area (Å²) >= 11 is 0. The van der Waals surface area contributed by atoms with Gasteiger partial charge >= 0.3 is 12.1 Å². The number of anilines is 1. The molecule has 2 N–H and O–H groups in total. The third-order valence-corrected chi connectivity index (χ3v) is 5.71. The molecule has 33 heavy (non-hydrogen) atoms. The first-order valence-corrected chi connectivity index (χ1v) is 10.7. The van der Waals surface area contributed by atoms with Crippen LogP contribution in [0.15, 0.2) is 47.4 Å². The maximum absolute atomic E-state index is 12.7. The third-order valence-electron chi connectivity index (χ3n) is 4.28. The molecule has 0 spiro atoms. The van der Waals surface area contributed by atoms with Crippen LogP contribution in [0, 0.1) is 10.1 Å². The lowest BCUT2D eigenvalue weighted by Crippen LogP contribution is -2.21. The van der Waals surface area contributed by atoms with Gasteiger partial charge in [-0.3, -0.25) is 19.7 Å². The maximum atomic E-state index is 12.7. The number of carbonyl (C=O) groups is 2. The molecule has 0 unspecified atom stereocenters. The zero-order chi connectivity index (χ0) is 24.8. The average Bonchev–Trinajstić information content (AvgIpc) is 2.75. The zero-order valence-corrected chi connectivity index (χ0v) is 17.8. The van der Waals surface area contributed by atoms with Gasteiger partial charge in [0.25, 0.3) is 11.6 Å². The number of nitrogens with one attached hydrogen (secondary N) is 2. The Morgan fingerprint density at radius 2 is 1.76 bits per heavy atom. The molecule has 10 nitrogen and oxygen atoms in total. The normalized spacial score (nSPS) is 11.6. The van der Waals surface area contributed by atoms with Crippen LogP contribution in [0.2, 0.25) is 0 Å². The monoisotopic (exact) mass is 489 g/mol. The van der Waals surface area contributed by atoms with E-state index in [0.717, 1.165) is 6.07 Å². The van der Waals surface area contributed by atoms with Crippen LogP contribution >= 0.6 is 0 Å². The molecule has 2 aromatic carbocycles. The lowest BCUT2D eigenvalue weighted by Gasteiger charge is -2.10. The molecule has 0 bridgehead atoms. The lowest BCUT2D eigenvalue weighted by molar-refractivity contribution is -0.384. The first kappa shape index (κ1) is 25.7. The van der Waals surface area contributed by atoms with Crippen LogP contribution in [-0.2, 0) is 36.9 Å². The predicted octanol–water partition coefficient (Wildman–Crippen LogP) is 2.64. The maximum Gasteiger partial charge on any atom is 0.416 e. The number of nitro benzene ring substituents is 1. The van der Waals surface area contributed by atoms with Crippen LogP contribution in [0.4, 0.5) is 24.5 Å².